The highest BCUT2D eigenvalue weighted by atomic mass is 16.5. The van der Waals surface area contributed by atoms with Crippen LogP contribution in [0.2, 0.25) is 0 Å². The number of anilines is 1. The van der Waals surface area contributed by atoms with Crippen LogP contribution in [-0.4, -0.2) is 29.1 Å². The molecule has 0 radical (unpaired) electrons. The molecule has 0 aromatic carbocycles. The van der Waals surface area contributed by atoms with Crippen molar-refractivity contribution in [3.05, 3.63) is 29.1 Å². The zero-order chi connectivity index (χ0) is 15.1. The second-order valence-electron chi connectivity index (χ2n) is 5.20. The van der Waals surface area contributed by atoms with Gasteiger partial charge in [0.15, 0.2) is 0 Å². The van der Waals surface area contributed by atoms with E-state index >= 15 is 0 Å². The molecule has 1 aliphatic carbocycles. The molecule has 0 aliphatic heterocycles. The van der Waals surface area contributed by atoms with Gasteiger partial charge in [-0.25, -0.2) is 14.8 Å². The quantitative estimate of drug-likeness (QED) is 0.643. The van der Waals surface area contributed by atoms with Crippen molar-refractivity contribution in [3.8, 4) is 0 Å². The molecular formula is C16H23N3O2. The van der Waals surface area contributed by atoms with Gasteiger partial charge in [0.25, 0.3) is 0 Å². The van der Waals surface area contributed by atoms with E-state index in [2.05, 4.69) is 21.4 Å². The minimum absolute atomic E-state index is 0.355. The summed E-state index contributed by atoms with van der Waals surface area (Å²) in [7, 11) is 0. The van der Waals surface area contributed by atoms with Gasteiger partial charge in [-0.05, 0) is 46.0 Å². The lowest BCUT2D eigenvalue weighted by molar-refractivity contribution is 0.0524. The van der Waals surface area contributed by atoms with Crippen molar-refractivity contribution in [1.82, 2.24) is 9.97 Å². The summed E-state index contributed by atoms with van der Waals surface area (Å²) in [5.74, 6) is 0.200. The number of aromatic nitrogens is 2. The van der Waals surface area contributed by atoms with Gasteiger partial charge < -0.3 is 10.1 Å². The van der Waals surface area contributed by atoms with Crippen molar-refractivity contribution in [3.63, 3.8) is 0 Å². The number of ether oxygens (including phenoxy) is 1. The van der Waals surface area contributed by atoms with Crippen LogP contribution in [-0.2, 0) is 4.74 Å². The maximum absolute atomic E-state index is 11.7. The summed E-state index contributed by atoms with van der Waals surface area (Å²) >= 11 is 0. The van der Waals surface area contributed by atoms with Crippen LogP contribution in [0.25, 0.3) is 0 Å². The lowest BCUT2D eigenvalue weighted by Gasteiger charge is -2.13. The van der Waals surface area contributed by atoms with Crippen molar-refractivity contribution < 1.29 is 9.53 Å². The molecule has 1 aliphatic rings. The number of aryl methyl sites for hydroxylation is 1. The zero-order valence-electron chi connectivity index (χ0n) is 12.8. The predicted molar refractivity (Wildman–Crippen MR) is 82.4 cm³/mol. The number of carbonyl (C=O) groups excluding carboxylic acids is 1. The molecule has 0 amide bonds. The Balaban J connectivity index is 1.88. The van der Waals surface area contributed by atoms with Crippen LogP contribution in [0.5, 0.6) is 0 Å². The van der Waals surface area contributed by atoms with E-state index < -0.39 is 0 Å². The summed E-state index contributed by atoms with van der Waals surface area (Å²) in [6.45, 7) is 4.75. The van der Waals surface area contributed by atoms with Crippen molar-refractivity contribution in [2.24, 2.45) is 0 Å². The average molecular weight is 289 g/mol. The predicted octanol–water partition coefficient (Wildman–Crippen LogP) is 3.26. The molecule has 0 saturated carbocycles. The molecule has 0 unspecified atom stereocenters. The van der Waals surface area contributed by atoms with E-state index in [1.807, 2.05) is 0 Å². The molecule has 1 N–H and O–H groups in total. The summed E-state index contributed by atoms with van der Waals surface area (Å²) in [4.78, 5) is 20.2. The van der Waals surface area contributed by atoms with E-state index in [4.69, 9.17) is 4.74 Å². The molecule has 2 rings (SSSR count). The first-order chi connectivity index (χ1) is 10.2. The van der Waals surface area contributed by atoms with Crippen LogP contribution in [0.1, 0.15) is 55.1 Å². The molecule has 21 heavy (non-hydrogen) atoms. The molecule has 114 valence electrons. The van der Waals surface area contributed by atoms with Crippen LogP contribution in [0, 0.1) is 6.92 Å². The molecule has 5 nitrogen and oxygen atoms in total. The minimum Gasteiger partial charge on any atom is -0.462 e. The third-order valence-electron chi connectivity index (χ3n) is 3.59. The number of hydrogen-bond acceptors (Lipinski definition) is 5. The van der Waals surface area contributed by atoms with Crippen molar-refractivity contribution in [2.45, 2.75) is 46.0 Å². The molecule has 5 heteroatoms. The second kappa shape index (κ2) is 7.76. The summed E-state index contributed by atoms with van der Waals surface area (Å²) in [5, 5.41) is 3.22. The van der Waals surface area contributed by atoms with Crippen LogP contribution < -0.4 is 5.32 Å². The summed E-state index contributed by atoms with van der Waals surface area (Å²) in [6, 6.07) is 0. The lowest BCUT2D eigenvalue weighted by atomic mass is 9.97. The van der Waals surface area contributed by atoms with E-state index in [0.717, 1.165) is 13.0 Å². The fraction of sp³-hybridized carbons (Fsp3) is 0.562. The largest absolute Gasteiger partial charge is 0.462 e. The van der Waals surface area contributed by atoms with Crippen LogP contribution in [0.15, 0.2) is 17.8 Å². The standard InChI is InChI=1S/C16H23N3O2/c1-3-21-15(20)14-11-18-16(19-12(14)2)17-10-9-13-7-5-4-6-8-13/h7,11H,3-6,8-10H2,1-2H3,(H,17,18,19). The van der Waals surface area contributed by atoms with E-state index in [1.165, 1.54) is 37.5 Å². The molecular weight excluding hydrogens is 266 g/mol. The molecule has 1 aromatic heterocycles. The number of hydrogen-bond donors (Lipinski definition) is 1. The molecule has 1 aromatic rings. The summed E-state index contributed by atoms with van der Waals surface area (Å²) in [5.41, 5.74) is 2.59. The van der Waals surface area contributed by atoms with Gasteiger partial charge in [0, 0.05) is 12.7 Å². The van der Waals surface area contributed by atoms with Gasteiger partial charge in [-0.1, -0.05) is 11.6 Å². The monoisotopic (exact) mass is 289 g/mol. The van der Waals surface area contributed by atoms with E-state index in [-0.39, 0.29) is 5.97 Å². The third-order valence-corrected chi connectivity index (χ3v) is 3.59. The van der Waals surface area contributed by atoms with Crippen molar-refractivity contribution in [2.75, 3.05) is 18.5 Å². The Morgan fingerprint density at radius 3 is 2.95 bits per heavy atom. The van der Waals surface area contributed by atoms with Crippen LogP contribution in [0.3, 0.4) is 0 Å². The van der Waals surface area contributed by atoms with Gasteiger partial charge in [-0.2, -0.15) is 0 Å². The van der Waals surface area contributed by atoms with Gasteiger partial charge in [-0.3, -0.25) is 0 Å². The summed E-state index contributed by atoms with van der Waals surface area (Å²) < 4.78 is 4.96. The highest BCUT2D eigenvalue weighted by Gasteiger charge is 2.12. The molecule has 0 atom stereocenters. The van der Waals surface area contributed by atoms with Gasteiger partial charge in [0.2, 0.25) is 5.95 Å². The van der Waals surface area contributed by atoms with Gasteiger partial charge in [0.1, 0.15) is 0 Å². The third kappa shape index (κ3) is 4.55. The number of allylic oxidation sites excluding steroid dienone is 1. The molecule has 1 heterocycles. The maximum atomic E-state index is 11.7. The zero-order valence-corrected chi connectivity index (χ0v) is 12.8. The highest BCUT2D eigenvalue weighted by molar-refractivity contribution is 5.90. The van der Waals surface area contributed by atoms with Crippen molar-refractivity contribution >= 4 is 11.9 Å². The van der Waals surface area contributed by atoms with E-state index in [0.29, 0.717) is 23.8 Å². The fourth-order valence-corrected chi connectivity index (χ4v) is 2.43. The maximum Gasteiger partial charge on any atom is 0.341 e. The SMILES string of the molecule is CCOC(=O)c1cnc(NCCC2=CCCCC2)nc1C. The Kier molecular flexibility index (Phi) is 5.72. The topological polar surface area (TPSA) is 64.1 Å². The lowest BCUT2D eigenvalue weighted by Crippen LogP contribution is -2.12. The smallest absolute Gasteiger partial charge is 0.341 e. The number of nitrogens with zero attached hydrogens (tertiary/aromatic N) is 2. The number of esters is 1. The number of carbonyl (C=O) groups is 1. The van der Waals surface area contributed by atoms with Crippen LogP contribution >= 0.6 is 0 Å². The van der Waals surface area contributed by atoms with E-state index in [9.17, 15) is 4.79 Å². The second-order valence-corrected chi connectivity index (χ2v) is 5.20. The Morgan fingerprint density at radius 1 is 1.43 bits per heavy atom. The first-order valence-electron chi connectivity index (χ1n) is 7.63. The first kappa shape index (κ1) is 15.5. The number of nitrogens with one attached hydrogen (secondary N) is 1. The van der Waals surface area contributed by atoms with E-state index in [1.54, 1.807) is 13.8 Å². The fourth-order valence-electron chi connectivity index (χ4n) is 2.43. The first-order valence-corrected chi connectivity index (χ1v) is 7.63. The van der Waals surface area contributed by atoms with Crippen LogP contribution in [0.4, 0.5) is 5.95 Å². The molecule has 0 bridgehead atoms. The highest BCUT2D eigenvalue weighted by Crippen LogP contribution is 2.19. The Labute approximate surface area is 125 Å². The molecule has 0 saturated heterocycles. The van der Waals surface area contributed by atoms with Gasteiger partial charge in [-0.15, -0.1) is 0 Å². The Morgan fingerprint density at radius 2 is 2.29 bits per heavy atom. The molecule has 0 fully saturated rings. The Bertz CT molecular complexity index is 526. The average Bonchev–Trinajstić information content (AvgIpc) is 2.48. The Hall–Kier alpha value is -1.91. The number of rotatable bonds is 6. The molecule has 0 spiro atoms. The van der Waals surface area contributed by atoms with Gasteiger partial charge in [0.05, 0.1) is 17.9 Å². The minimum atomic E-state index is -0.367. The normalized spacial score (nSPS) is 14.5. The van der Waals surface area contributed by atoms with Crippen molar-refractivity contribution in [1.29, 1.82) is 0 Å². The van der Waals surface area contributed by atoms with Gasteiger partial charge >= 0.3 is 5.97 Å². The summed E-state index contributed by atoms with van der Waals surface area (Å²) in [6.07, 6.45) is 9.94.